The molecule has 76 heavy (non-hydrogen) atoms. The fraction of sp³-hybridized carbons (Fsp3) is 0.118. The van der Waals surface area contributed by atoms with E-state index in [1.807, 2.05) is 0 Å². The molecular formula is C68H55B2N3O3. The maximum Gasteiger partial charge on any atom is 0.256 e. The number of hydrogen-bond acceptors (Lipinski definition) is 6. The molecule has 4 aliphatic heterocycles. The smallest absolute Gasteiger partial charge is 0.256 e. The molecule has 0 bridgehead atoms. The molecular weight excluding hydrogens is 928 g/mol. The van der Waals surface area contributed by atoms with E-state index in [2.05, 4.69) is 281 Å². The summed E-state index contributed by atoms with van der Waals surface area (Å²) in [4.78, 5) is 7.22. The molecule has 10 aromatic rings. The molecule has 6 nitrogen and oxygen atoms in total. The van der Waals surface area contributed by atoms with E-state index < -0.39 is 0 Å². The fourth-order valence-corrected chi connectivity index (χ4v) is 12.1. The number of anilines is 9. The first-order valence-corrected chi connectivity index (χ1v) is 26.5. The Hall–Kier alpha value is -8.87. The highest BCUT2D eigenvalue weighted by Gasteiger charge is 2.48. The molecule has 0 unspecified atom stereocenters. The largest absolute Gasteiger partial charge is 0.458 e. The van der Waals surface area contributed by atoms with Gasteiger partial charge in [0, 0.05) is 81.5 Å². The van der Waals surface area contributed by atoms with Gasteiger partial charge in [0.25, 0.3) is 13.4 Å². The van der Waals surface area contributed by atoms with Gasteiger partial charge < -0.3 is 28.9 Å². The second-order valence-corrected chi connectivity index (χ2v) is 22.5. The molecule has 366 valence electrons. The number of nitrogens with zero attached hydrogens (tertiary/aromatic N) is 3. The van der Waals surface area contributed by atoms with Crippen molar-refractivity contribution in [3.8, 4) is 34.5 Å². The van der Waals surface area contributed by atoms with Crippen LogP contribution in [-0.2, 0) is 10.8 Å². The van der Waals surface area contributed by atoms with Crippen molar-refractivity contribution in [1.82, 2.24) is 0 Å². The molecule has 0 N–H and O–H groups in total. The van der Waals surface area contributed by atoms with Gasteiger partial charge in [-0.3, -0.25) is 0 Å². The highest BCUT2D eigenvalue weighted by molar-refractivity contribution is 7.02. The van der Waals surface area contributed by atoms with Crippen LogP contribution in [0.25, 0.3) is 0 Å². The zero-order valence-corrected chi connectivity index (χ0v) is 43.6. The Kier molecular flexibility index (Phi) is 10.4. The van der Waals surface area contributed by atoms with E-state index in [1.54, 1.807) is 0 Å². The fourth-order valence-electron chi connectivity index (χ4n) is 12.1. The lowest BCUT2D eigenvalue weighted by Crippen LogP contribution is -2.64. The zero-order valence-electron chi connectivity index (χ0n) is 43.6. The first kappa shape index (κ1) is 45.7. The lowest BCUT2D eigenvalue weighted by molar-refractivity contribution is 0.462. The standard InChI is InChI=1S/C68H55B2N3O3/c1-67(2,3)44-30-34-49(35-31-44)74-51-38-60-65-61(39-51)73(48-24-14-9-15-25-48)59-43-63-56(42-55(59)69(65)53-26-16-18-28-57(53)71(60)46-20-10-7-11-21-46)70-54-27-17-19-29-58(54)72(47-22-12-8-13-23-47)62-40-52(41-64(76-63)66(62)70)75-50-36-32-45(33-37-50)68(4,5)6/h7-43H,1-6H3. The molecule has 0 saturated heterocycles. The van der Waals surface area contributed by atoms with Crippen LogP contribution in [0.3, 0.4) is 0 Å². The lowest BCUT2D eigenvalue weighted by Gasteiger charge is -2.45. The Morgan fingerprint density at radius 2 is 0.711 bits per heavy atom. The highest BCUT2D eigenvalue weighted by atomic mass is 16.5. The van der Waals surface area contributed by atoms with E-state index in [9.17, 15) is 0 Å². The summed E-state index contributed by atoms with van der Waals surface area (Å²) < 4.78 is 21.3. The van der Waals surface area contributed by atoms with Crippen molar-refractivity contribution in [2.75, 3.05) is 14.7 Å². The van der Waals surface area contributed by atoms with E-state index in [4.69, 9.17) is 14.2 Å². The average molecular weight is 984 g/mol. The third kappa shape index (κ3) is 7.49. The molecule has 4 heterocycles. The SMILES string of the molecule is CC(C)(C)c1ccc(Oc2cc3c4c(c2)N(c2ccccc2)c2ccccc2B4c2cc4c(cc2O3)N(c2ccccc2)c2cc(Oc3ccc(C(C)(C)C)cc3)cc3c2B4c2ccccc2N3c2ccccc2)cc1. The Balaban J connectivity index is 1.00. The van der Waals surface area contributed by atoms with Crippen LogP contribution in [0, 0.1) is 0 Å². The van der Waals surface area contributed by atoms with Crippen LogP contribution in [-0.4, -0.2) is 13.4 Å². The number of benzene rings is 10. The quantitative estimate of drug-likeness (QED) is 0.148. The molecule has 0 aliphatic carbocycles. The minimum absolute atomic E-state index is 0.0157. The van der Waals surface area contributed by atoms with Crippen molar-refractivity contribution in [1.29, 1.82) is 0 Å². The molecule has 0 atom stereocenters. The van der Waals surface area contributed by atoms with Crippen molar-refractivity contribution in [2.45, 2.75) is 52.4 Å². The van der Waals surface area contributed by atoms with Crippen LogP contribution in [0.4, 0.5) is 51.2 Å². The average Bonchev–Trinajstić information content (AvgIpc) is 3.60. The lowest BCUT2D eigenvalue weighted by atomic mass is 9.30. The zero-order chi connectivity index (χ0) is 51.5. The van der Waals surface area contributed by atoms with Gasteiger partial charge in [0.1, 0.15) is 34.5 Å². The van der Waals surface area contributed by atoms with Gasteiger partial charge in [0.05, 0.1) is 0 Å². The third-order valence-corrected chi connectivity index (χ3v) is 15.7. The monoisotopic (exact) mass is 983 g/mol. The Bertz CT molecular complexity index is 3890. The predicted molar refractivity (Wildman–Crippen MR) is 317 cm³/mol. The van der Waals surface area contributed by atoms with Crippen LogP contribution < -0.4 is 61.7 Å². The van der Waals surface area contributed by atoms with Gasteiger partial charge in [-0.15, -0.1) is 0 Å². The molecule has 0 aromatic heterocycles. The van der Waals surface area contributed by atoms with Crippen LogP contribution >= 0.6 is 0 Å². The van der Waals surface area contributed by atoms with E-state index in [-0.39, 0.29) is 24.3 Å². The summed E-state index contributed by atoms with van der Waals surface area (Å²) in [6.07, 6.45) is 0. The van der Waals surface area contributed by atoms with Gasteiger partial charge in [0.15, 0.2) is 0 Å². The van der Waals surface area contributed by atoms with Crippen molar-refractivity contribution < 1.29 is 14.2 Å². The molecule has 0 saturated carbocycles. The summed E-state index contributed by atoms with van der Waals surface area (Å²) in [5.41, 5.74) is 19.3. The maximum absolute atomic E-state index is 7.42. The van der Waals surface area contributed by atoms with E-state index >= 15 is 0 Å². The third-order valence-electron chi connectivity index (χ3n) is 15.7. The van der Waals surface area contributed by atoms with Crippen molar-refractivity contribution >= 4 is 97.4 Å². The first-order chi connectivity index (χ1) is 36.9. The number of hydrogen-bond donors (Lipinski definition) is 0. The van der Waals surface area contributed by atoms with Crippen LogP contribution in [0.1, 0.15) is 52.7 Å². The number of fused-ring (bicyclic) bond motifs is 8. The normalized spacial score (nSPS) is 13.6. The Morgan fingerprint density at radius 3 is 1.17 bits per heavy atom. The topological polar surface area (TPSA) is 37.4 Å². The van der Waals surface area contributed by atoms with Crippen molar-refractivity contribution in [3.63, 3.8) is 0 Å². The van der Waals surface area contributed by atoms with E-state index in [0.29, 0.717) is 5.75 Å². The van der Waals surface area contributed by atoms with Gasteiger partial charge in [-0.05, 0) is 128 Å². The van der Waals surface area contributed by atoms with Gasteiger partial charge in [-0.2, -0.15) is 0 Å². The van der Waals surface area contributed by atoms with Gasteiger partial charge in [-0.25, -0.2) is 0 Å². The number of ether oxygens (including phenoxy) is 3. The summed E-state index contributed by atoms with van der Waals surface area (Å²) in [7, 11) is 0. The summed E-state index contributed by atoms with van der Waals surface area (Å²) in [6, 6.07) is 80.5. The number of rotatable bonds is 7. The molecule has 0 spiro atoms. The molecule has 4 aliphatic rings. The summed E-state index contributed by atoms with van der Waals surface area (Å²) in [6.45, 7) is 13.1. The molecule has 0 fully saturated rings. The molecule has 8 heteroatoms. The van der Waals surface area contributed by atoms with E-state index in [1.165, 1.54) is 33.0 Å². The van der Waals surface area contributed by atoms with Gasteiger partial charge in [0.2, 0.25) is 0 Å². The molecule has 10 aromatic carbocycles. The minimum atomic E-state index is -0.151. The van der Waals surface area contributed by atoms with Crippen LogP contribution in [0.2, 0.25) is 0 Å². The van der Waals surface area contributed by atoms with E-state index in [0.717, 1.165) is 90.9 Å². The Labute approximate surface area is 446 Å². The predicted octanol–water partition coefficient (Wildman–Crippen LogP) is 14.4. The second-order valence-electron chi connectivity index (χ2n) is 22.5. The summed E-state index contributed by atoms with van der Waals surface area (Å²) in [5, 5.41) is 0. The van der Waals surface area contributed by atoms with Crippen LogP contribution in [0.15, 0.2) is 224 Å². The molecule has 0 amide bonds. The van der Waals surface area contributed by atoms with Gasteiger partial charge in [-0.1, -0.05) is 163 Å². The highest BCUT2D eigenvalue weighted by Crippen LogP contribution is 2.49. The number of para-hydroxylation sites is 5. The van der Waals surface area contributed by atoms with Crippen molar-refractivity contribution in [3.05, 3.63) is 236 Å². The molecule has 14 rings (SSSR count). The molecule has 0 radical (unpaired) electrons. The van der Waals surface area contributed by atoms with Crippen LogP contribution in [0.5, 0.6) is 34.5 Å². The van der Waals surface area contributed by atoms with Crippen molar-refractivity contribution in [2.24, 2.45) is 0 Å². The first-order valence-electron chi connectivity index (χ1n) is 26.5. The summed E-state index contributed by atoms with van der Waals surface area (Å²) >= 11 is 0. The maximum atomic E-state index is 7.42. The minimum Gasteiger partial charge on any atom is -0.458 e. The summed E-state index contributed by atoms with van der Waals surface area (Å²) in [5.74, 6) is 4.58. The van der Waals surface area contributed by atoms with Gasteiger partial charge >= 0.3 is 0 Å². The Morgan fingerprint density at radius 1 is 0.316 bits per heavy atom. The second kappa shape index (κ2) is 17.4.